The van der Waals surface area contributed by atoms with Crippen molar-refractivity contribution in [3.8, 4) is 0 Å². The Bertz CT molecular complexity index is 722. The van der Waals surface area contributed by atoms with E-state index in [0.29, 0.717) is 16.7 Å². The molecular weight excluding hydrogens is 276 g/mol. The van der Waals surface area contributed by atoms with Crippen molar-refractivity contribution in [1.29, 1.82) is 0 Å². The Hall–Kier alpha value is -2.46. The second-order valence-corrected chi connectivity index (χ2v) is 5.24. The largest absolute Gasteiger partial charge is 0.290 e. The molecular formula is C18H20N2O2. The van der Waals surface area contributed by atoms with Crippen molar-refractivity contribution < 1.29 is 9.59 Å². The van der Waals surface area contributed by atoms with E-state index >= 15 is 0 Å². The Labute approximate surface area is 130 Å². The molecule has 0 aliphatic carbocycles. The van der Waals surface area contributed by atoms with Crippen LogP contribution in [0.1, 0.15) is 49.9 Å². The Balaban J connectivity index is 2.72. The molecule has 0 saturated heterocycles. The van der Waals surface area contributed by atoms with E-state index in [4.69, 9.17) is 5.84 Å². The van der Waals surface area contributed by atoms with Crippen LogP contribution in [-0.4, -0.2) is 11.7 Å². The maximum Gasteiger partial charge on any atom is 0.265 e. The molecule has 0 saturated carbocycles. The molecule has 0 spiro atoms. The fraction of sp³-hybridized carbons (Fsp3) is 0.222. The maximum atomic E-state index is 12.9. The van der Waals surface area contributed by atoms with Gasteiger partial charge >= 0.3 is 0 Å². The summed E-state index contributed by atoms with van der Waals surface area (Å²) in [5.74, 6) is 4.66. The minimum Gasteiger partial charge on any atom is -0.290 e. The molecule has 2 aromatic rings. The highest BCUT2D eigenvalue weighted by Crippen LogP contribution is 2.25. The lowest BCUT2D eigenvalue weighted by Gasteiger charge is -2.17. The number of nitrogens with one attached hydrogen (secondary N) is 1. The number of carbonyl (C=O) groups excluding carboxylic acids is 2. The summed E-state index contributed by atoms with van der Waals surface area (Å²) < 4.78 is 0. The highest BCUT2D eigenvalue weighted by Gasteiger charge is 2.23. The van der Waals surface area contributed by atoms with Crippen molar-refractivity contribution >= 4 is 11.7 Å². The van der Waals surface area contributed by atoms with E-state index in [9.17, 15) is 9.59 Å². The molecule has 0 atom stereocenters. The second-order valence-electron chi connectivity index (χ2n) is 5.24. The van der Waals surface area contributed by atoms with Crippen molar-refractivity contribution in [2.45, 2.75) is 27.2 Å². The third-order valence-corrected chi connectivity index (χ3v) is 3.93. The fourth-order valence-corrected chi connectivity index (χ4v) is 2.85. The smallest absolute Gasteiger partial charge is 0.265 e. The van der Waals surface area contributed by atoms with Crippen molar-refractivity contribution in [2.24, 2.45) is 5.84 Å². The second kappa shape index (κ2) is 6.54. The summed E-state index contributed by atoms with van der Waals surface area (Å²) in [6.07, 6.45) is 0.803. The molecule has 22 heavy (non-hydrogen) atoms. The van der Waals surface area contributed by atoms with Crippen LogP contribution in [0.2, 0.25) is 0 Å². The normalized spacial score (nSPS) is 10.4. The highest BCUT2D eigenvalue weighted by molar-refractivity contribution is 6.16. The van der Waals surface area contributed by atoms with Gasteiger partial charge in [-0.1, -0.05) is 37.3 Å². The van der Waals surface area contributed by atoms with Crippen LogP contribution in [0.4, 0.5) is 0 Å². The Morgan fingerprint density at radius 2 is 1.77 bits per heavy atom. The Morgan fingerprint density at radius 1 is 1.14 bits per heavy atom. The fourth-order valence-electron chi connectivity index (χ4n) is 2.85. The first-order chi connectivity index (χ1) is 10.5. The van der Waals surface area contributed by atoms with Gasteiger partial charge in [0.05, 0.1) is 5.56 Å². The first-order valence-corrected chi connectivity index (χ1v) is 7.25. The van der Waals surface area contributed by atoms with Crippen LogP contribution in [0.3, 0.4) is 0 Å². The number of rotatable bonds is 4. The molecule has 2 aromatic carbocycles. The van der Waals surface area contributed by atoms with Gasteiger partial charge in [0.15, 0.2) is 5.78 Å². The average molecular weight is 296 g/mol. The third kappa shape index (κ3) is 2.78. The van der Waals surface area contributed by atoms with E-state index in [0.717, 1.165) is 23.1 Å². The van der Waals surface area contributed by atoms with Gasteiger partial charge in [-0.15, -0.1) is 0 Å². The van der Waals surface area contributed by atoms with Crippen molar-refractivity contribution in [1.82, 2.24) is 5.43 Å². The van der Waals surface area contributed by atoms with Gasteiger partial charge in [0, 0.05) is 11.1 Å². The van der Waals surface area contributed by atoms with Crippen molar-refractivity contribution in [3.63, 3.8) is 0 Å². The van der Waals surface area contributed by atoms with Crippen molar-refractivity contribution in [3.05, 3.63) is 69.8 Å². The predicted octanol–water partition coefficient (Wildman–Crippen LogP) is 2.70. The van der Waals surface area contributed by atoms with E-state index in [2.05, 4.69) is 5.43 Å². The lowest BCUT2D eigenvalue weighted by atomic mass is 9.87. The molecule has 4 heteroatoms. The molecule has 0 fully saturated rings. The van der Waals surface area contributed by atoms with Gasteiger partial charge in [-0.05, 0) is 43.0 Å². The standard InChI is InChI=1S/C18H20N2O2/c1-4-14-11(2)10-15(18(22)20-19)16(12(14)3)17(21)13-8-6-5-7-9-13/h5-10H,4,19H2,1-3H3,(H,20,22). The molecule has 0 heterocycles. The number of benzene rings is 2. The number of nitrogens with two attached hydrogens (primary N) is 1. The third-order valence-electron chi connectivity index (χ3n) is 3.93. The van der Waals surface area contributed by atoms with Crippen LogP contribution >= 0.6 is 0 Å². The summed E-state index contributed by atoms with van der Waals surface area (Å²) >= 11 is 0. The maximum absolute atomic E-state index is 12.9. The summed E-state index contributed by atoms with van der Waals surface area (Å²) in [5, 5.41) is 0. The van der Waals surface area contributed by atoms with Crippen LogP contribution in [0.25, 0.3) is 0 Å². The molecule has 1 amide bonds. The molecule has 0 aromatic heterocycles. The lowest BCUT2D eigenvalue weighted by Crippen LogP contribution is -2.32. The Morgan fingerprint density at radius 3 is 2.32 bits per heavy atom. The lowest BCUT2D eigenvalue weighted by molar-refractivity contribution is 0.0942. The number of hydrogen-bond acceptors (Lipinski definition) is 3. The molecule has 4 nitrogen and oxygen atoms in total. The number of hydrogen-bond donors (Lipinski definition) is 2. The van der Waals surface area contributed by atoms with Crippen LogP contribution in [-0.2, 0) is 6.42 Å². The monoisotopic (exact) mass is 296 g/mol. The molecule has 0 radical (unpaired) electrons. The zero-order valence-electron chi connectivity index (χ0n) is 13.1. The predicted molar refractivity (Wildman–Crippen MR) is 86.8 cm³/mol. The van der Waals surface area contributed by atoms with Crippen LogP contribution in [0.5, 0.6) is 0 Å². The van der Waals surface area contributed by atoms with E-state index in [1.807, 2.05) is 26.8 Å². The van der Waals surface area contributed by atoms with Gasteiger partial charge in [0.1, 0.15) is 0 Å². The minimum absolute atomic E-state index is 0.161. The summed E-state index contributed by atoms with van der Waals surface area (Å²) in [6.45, 7) is 5.86. The van der Waals surface area contributed by atoms with Gasteiger partial charge in [-0.3, -0.25) is 15.0 Å². The summed E-state index contributed by atoms with van der Waals surface area (Å²) in [4.78, 5) is 25.0. The quantitative estimate of drug-likeness (QED) is 0.394. The number of nitrogen functional groups attached to an aromatic ring is 1. The van der Waals surface area contributed by atoms with E-state index in [1.54, 1.807) is 30.3 Å². The Kier molecular flexibility index (Phi) is 4.73. The van der Waals surface area contributed by atoms with Crippen molar-refractivity contribution in [2.75, 3.05) is 0 Å². The van der Waals surface area contributed by atoms with Gasteiger partial charge in [-0.2, -0.15) is 0 Å². The zero-order chi connectivity index (χ0) is 16.3. The first-order valence-electron chi connectivity index (χ1n) is 7.25. The molecule has 2 rings (SSSR count). The van der Waals surface area contributed by atoms with Crippen LogP contribution in [0, 0.1) is 13.8 Å². The molecule has 0 aliphatic heterocycles. The first kappa shape index (κ1) is 15.9. The highest BCUT2D eigenvalue weighted by atomic mass is 16.2. The van der Waals surface area contributed by atoms with Crippen LogP contribution < -0.4 is 11.3 Å². The molecule has 0 bridgehead atoms. The van der Waals surface area contributed by atoms with Gasteiger partial charge in [-0.25, -0.2) is 5.84 Å². The summed E-state index contributed by atoms with van der Waals surface area (Å²) in [6, 6.07) is 10.7. The molecule has 3 N–H and O–H groups in total. The number of amides is 1. The van der Waals surface area contributed by atoms with E-state index < -0.39 is 5.91 Å². The van der Waals surface area contributed by atoms with Gasteiger partial charge in [0.25, 0.3) is 5.91 Å². The van der Waals surface area contributed by atoms with Crippen LogP contribution in [0.15, 0.2) is 36.4 Å². The number of aryl methyl sites for hydroxylation is 1. The SMILES string of the molecule is CCc1c(C)cc(C(=O)NN)c(C(=O)c2ccccc2)c1C. The average Bonchev–Trinajstić information content (AvgIpc) is 2.54. The molecule has 114 valence electrons. The molecule has 0 aliphatic rings. The summed E-state index contributed by atoms with van der Waals surface area (Å²) in [5.41, 5.74) is 6.36. The van der Waals surface area contributed by atoms with Gasteiger partial charge < -0.3 is 0 Å². The topological polar surface area (TPSA) is 72.2 Å². The molecule has 0 unspecified atom stereocenters. The van der Waals surface area contributed by atoms with E-state index in [1.165, 1.54) is 0 Å². The summed E-state index contributed by atoms with van der Waals surface area (Å²) in [7, 11) is 0. The zero-order valence-corrected chi connectivity index (χ0v) is 13.1. The number of ketones is 1. The number of hydrazine groups is 1. The number of carbonyl (C=O) groups is 2. The van der Waals surface area contributed by atoms with Gasteiger partial charge in [0.2, 0.25) is 0 Å². The van der Waals surface area contributed by atoms with E-state index in [-0.39, 0.29) is 5.78 Å². The minimum atomic E-state index is -0.451.